The number of fused-ring (bicyclic) bond motifs is 1. The molecule has 1 aliphatic rings. The lowest BCUT2D eigenvalue weighted by Gasteiger charge is -2.19. The maximum absolute atomic E-state index is 13.7. The van der Waals surface area contributed by atoms with E-state index in [2.05, 4.69) is 16.0 Å². The van der Waals surface area contributed by atoms with Crippen LogP contribution in [0.4, 0.5) is 11.4 Å². The van der Waals surface area contributed by atoms with Gasteiger partial charge in [0.05, 0.1) is 47.6 Å². The molecular formula is C33H24N4O9. The molecule has 0 atom stereocenters. The Hall–Kier alpha value is -6.63. The second-order valence-electron chi connectivity index (χ2n) is 9.85. The van der Waals surface area contributed by atoms with Crippen molar-refractivity contribution in [2.24, 2.45) is 0 Å². The Kier molecular flexibility index (Phi) is 8.40. The van der Waals surface area contributed by atoms with Crippen LogP contribution in [0.15, 0.2) is 78.9 Å². The van der Waals surface area contributed by atoms with Gasteiger partial charge < -0.3 is 25.2 Å². The van der Waals surface area contributed by atoms with Gasteiger partial charge in [0.25, 0.3) is 17.7 Å². The number of carboxylic acids is 1. The highest BCUT2D eigenvalue weighted by Gasteiger charge is 2.30. The zero-order valence-electron chi connectivity index (χ0n) is 24.2. The van der Waals surface area contributed by atoms with E-state index in [4.69, 9.17) is 14.9 Å². The van der Waals surface area contributed by atoms with Gasteiger partial charge in [-0.15, -0.1) is 0 Å². The Morgan fingerprint density at radius 1 is 0.696 bits per heavy atom. The fraction of sp³-hybridized carbons (Fsp3) is 0.0606. The first kappa shape index (κ1) is 30.8. The fourth-order valence-corrected chi connectivity index (χ4v) is 4.90. The smallest absolute Gasteiger partial charge is 0.337 e. The van der Waals surface area contributed by atoms with Gasteiger partial charge in [0.2, 0.25) is 0 Å². The van der Waals surface area contributed by atoms with Crippen LogP contribution in [0.3, 0.4) is 0 Å². The fourth-order valence-electron chi connectivity index (χ4n) is 4.90. The van der Waals surface area contributed by atoms with Gasteiger partial charge in [0.15, 0.2) is 0 Å². The quantitative estimate of drug-likeness (QED) is 0.0823. The van der Waals surface area contributed by atoms with Crippen LogP contribution in [-0.4, -0.2) is 60.8 Å². The molecule has 230 valence electrons. The second-order valence-corrected chi connectivity index (χ2v) is 9.85. The largest absolute Gasteiger partial charge is 0.478 e. The Morgan fingerprint density at radius 2 is 1.35 bits per heavy atom. The van der Waals surface area contributed by atoms with Gasteiger partial charge in [-0.2, -0.15) is 0 Å². The summed E-state index contributed by atoms with van der Waals surface area (Å²) in [5.74, 6) is -5.20. The highest BCUT2D eigenvalue weighted by molar-refractivity contribution is 6.23. The molecule has 13 nitrogen and oxygen atoms in total. The summed E-state index contributed by atoms with van der Waals surface area (Å²) in [7, 11) is 2.44. The molecule has 5 rings (SSSR count). The first-order chi connectivity index (χ1) is 22.0. The molecule has 0 unspecified atom stereocenters. The van der Waals surface area contributed by atoms with E-state index in [1.165, 1.54) is 93.1 Å². The van der Waals surface area contributed by atoms with Gasteiger partial charge in [0.1, 0.15) is 5.84 Å². The van der Waals surface area contributed by atoms with E-state index in [0.717, 1.165) is 0 Å². The minimum absolute atomic E-state index is 0.0478. The van der Waals surface area contributed by atoms with Crippen molar-refractivity contribution in [2.45, 2.75) is 0 Å². The van der Waals surface area contributed by atoms with Crippen LogP contribution < -0.4 is 16.0 Å². The Balaban J connectivity index is 1.62. The van der Waals surface area contributed by atoms with E-state index >= 15 is 0 Å². The third-order valence-electron chi connectivity index (χ3n) is 7.08. The molecule has 0 spiro atoms. The zero-order valence-corrected chi connectivity index (χ0v) is 24.2. The molecule has 13 heteroatoms. The van der Waals surface area contributed by atoms with E-state index in [-0.39, 0.29) is 50.2 Å². The molecule has 0 radical (unpaired) electrons. The summed E-state index contributed by atoms with van der Waals surface area (Å²) in [6.07, 6.45) is 0. The number of rotatable bonds is 8. The van der Waals surface area contributed by atoms with Gasteiger partial charge in [0, 0.05) is 16.9 Å². The van der Waals surface area contributed by atoms with Crippen LogP contribution in [-0.2, 0) is 9.47 Å². The van der Waals surface area contributed by atoms with Crippen molar-refractivity contribution >= 4 is 52.8 Å². The van der Waals surface area contributed by atoms with E-state index < -0.39 is 47.0 Å². The molecule has 0 aliphatic carbocycles. The van der Waals surface area contributed by atoms with Gasteiger partial charge in [-0.05, 0) is 71.8 Å². The molecule has 0 bridgehead atoms. The maximum atomic E-state index is 13.7. The van der Waals surface area contributed by atoms with Gasteiger partial charge in [-0.1, -0.05) is 18.2 Å². The lowest BCUT2D eigenvalue weighted by molar-refractivity contribution is 0.0592. The Labute approximate surface area is 260 Å². The van der Waals surface area contributed by atoms with Gasteiger partial charge in [-0.3, -0.25) is 25.1 Å². The number of amides is 3. The third kappa shape index (κ3) is 5.92. The molecule has 0 fully saturated rings. The van der Waals surface area contributed by atoms with Crippen molar-refractivity contribution in [1.29, 1.82) is 5.41 Å². The number of carbonyl (C=O) groups is 6. The van der Waals surface area contributed by atoms with Crippen LogP contribution in [0.2, 0.25) is 0 Å². The number of ether oxygens (including phenoxy) is 2. The van der Waals surface area contributed by atoms with E-state index in [9.17, 15) is 33.9 Å². The van der Waals surface area contributed by atoms with Crippen molar-refractivity contribution in [3.05, 3.63) is 118 Å². The zero-order chi connectivity index (χ0) is 33.1. The number of amidine groups is 1. The first-order valence-electron chi connectivity index (χ1n) is 13.5. The van der Waals surface area contributed by atoms with E-state index in [1.807, 2.05) is 0 Å². The number of aromatic carboxylic acids is 1. The summed E-state index contributed by atoms with van der Waals surface area (Å²) >= 11 is 0. The van der Waals surface area contributed by atoms with Crippen molar-refractivity contribution in [3.63, 3.8) is 0 Å². The number of esters is 2. The summed E-state index contributed by atoms with van der Waals surface area (Å²) in [6.45, 7) is 0. The lowest BCUT2D eigenvalue weighted by Crippen LogP contribution is -2.24. The summed E-state index contributed by atoms with van der Waals surface area (Å²) in [5, 5.41) is 27.0. The highest BCUT2D eigenvalue weighted by Crippen LogP contribution is 2.32. The molecule has 4 aromatic rings. The molecule has 0 aromatic heterocycles. The Morgan fingerprint density at radius 3 is 2.02 bits per heavy atom. The maximum Gasteiger partial charge on any atom is 0.337 e. The number of methoxy groups -OCH3 is 2. The first-order valence-corrected chi connectivity index (χ1v) is 13.5. The molecule has 3 amide bonds. The number of hydrogen-bond acceptors (Lipinski definition) is 9. The summed E-state index contributed by atoms with van der Waals surface area (Å²) in [5.41, 5.74) is 0.428. The minimum Gasteiger partial charge on any atom is -0.478 e. The molecule has 4 aromatic carbocycles. The second kappa shape index (κ2) is 12.5. The minimum atomic E-state index is -1.49. The molecular weight excluding hydrogens is 596 g/mol. The molecule has 46 heavy (non-hydrogen) atoms. The standard InChI is InChI=1S/C33H24N4O9/c1-45-32(43)16-6-9-19(10-7-16)35-27(34)25-23(29(39)36-20-5-3-4-18(14-20)33(44)46-2)13-12-21(26(25)31(41)42)17-8-11-22-24(15-17)30(40)37-28(22)38/h3-15H,1-2H3,(H2,34,35)(H,36,39)(H,41,42)(H,37,38,40). The van der Waals surface area contributed by atoms with Gasteiger partial charge >= 0.3 is 17.9 Å². The number of hydrogen-bond donors (Lipinski definition) is 5. The van der Waals surface area contributed by atoms with Gasteiger partial charge in [-0.25, -0.2) is 14.4 Å². The number of anilines is 2. The number of benzene rings is 4. The Bertz CT molecular complexity index is 1980. The van der Waals surface area contributed by atoms with E-state index in [0.29, 0.717) is 5.69 Å². The predicted octanol–water partition coefficient (Wildman–Crippen LogP) is 4.20. The topological polar surface area (TPSA) is 201 Å². The molecule has 1 heterocycles. The molecule has 0 saturated heterocycles. The average Bonchev–Trinajstić information content (AvgIpc) is 3.35. The molecule has 0 saturated carbocycles. The van der Waals surface area contributed by atoms with Crippen molar-refractivity contribution < 1.29 is 43.3 Å². The lowest BCUT2D eigenvalue weighted by atomic mass is 9.89. The summed E-state index contributed by atoms with van der Waals surface area (Å²) < 4.78 is 9.43. The normalized spacial score (nSPS) is 11.6. The predicted molar refractivity (Wildman–Crippen MR) is 165 cm³/mol. The highest BCUT2D eigenvalue weighted by atomic mass is 16.5. The van der Waals surface area contributed by atoms with Crippen LogP contribution >= 0.6 is 0 Å². The molecule has 5 N–H and O–H groups in total. The van der Waals surface area contributed by atoms with Crippen LogP contribution in [0.5, 0.6) is 0 Å². The van der Waals surface area contributed by atoms with Crippen molar-refractivity contribution in [3.8, 4) is 11.1 Å². The van der Waals surface area contributed by atoms with Crippen LogP contribution in [0.25, 0.3) is 11.1 Å². The molecule has 1 aliphatic heterocycles. The van der Waals surface area contributed by atoms with Crippen LogP contribution in [0, 0.1) is 5.41 Å². The van der Waals surface area contributed by atoms with Crippen molar-refractivity contribution in [1.82, 2.24) is 5.32 Å². The number of nitrogens with one attached hydrogen (secondary N) is 4. The van der Waals surface area contributed by atoms with Crippen LogP contribution in [0.1, 0.15) is 67.7 Å². The number of imide groups is 1. The average molecular weight is 621 g/mol. The summed E-state index contributed by atoms with van der Waals surface area (Å²) in [6, 6.07) is 18.6. The third-order valence-corrected chi connectivity index (χ3v) is 7.08. The van der Waals surface area contributed by atoms with Crippen molar-refractivity contribution in [2.75, 3.05) is 24.9 Å². The van der Waals surface area contributed by atoms with E-state index in [1.54, 1.807) is 0 Å². The number of carboxylic acid groups (broad SMARTS) is 1. The number of carbonyl (C=O) groups excluding carboxylic acids is 5. The summed E-state index contributed by atoms with van der Waals surface area (Å²) in [4.78, 5) is 74.8. The monoisotopic (exact) mass is 620 g/mol. The SMILES string of the molecule is COC(=O)c1ccc(NC(=N)c2c(C(=O)Nc3cccc(C(=O)OC)c3)ccc(-c3ccc4c(c3)C(=O)NC4=O)c2C(=O)O)cc1.